The molecule has 0 aliphatic heterocycles. The summed E-state index contributed by atoms with van der Waals surface area (Å²) in [6, 6.07) is 10.4. The molecule has 1 aromatic heterocycles. The van der Waals surface area contributed by atoms with Crippen molar-refractivity contribution in [3.05, 3.63) is 52.9 Å². The second-order valence-corrected chi connectivity index (χ2v) is 3.69. The molecule has 0 aliphatic rings. The SMILES string of the molecule is COc1ccc(C(O)c2ccc(Cl)o2)cc1. The van der Waals surface area contributed by atoms with Crippen molar-refractivity contribution in [1.29, 1.82) is 0 Å². The summed E-state index contributed by atoms with van der Waals surface area (Å²) in [7, 11) is 1.59. The van der Waals surface area contributed by atoms with Gasteiger partial charge >= 0.3 is 0 Å². The summed E-state index contributed by atoms with van der Waals surface area (Å²) in [4.78, 5) is 0. The fourth-order valence-corrected chi connectivity index (χ4v) is 1.58. The Bertz CT molecular complexity index is 461. The van der Waals surface area contributed by atoms with E-state index < -0.39 is 6.10 Å². The molecular formula is C12H11ClO3. The molecule has 0 bridgehead atoms. The quantitative estimate of drug-likeness (QED) is 0.894. The van der Waals surface area contributed by atoms with Gasteiger partial charge in [0.05, 0.1) is 7.11 Å². The van der Waals surface area contributed by atoms with Crippen LogP contribution < -0.4 is 4.74 Å². The third kappa shape index (κ3) is 2.21. The van der Waals surface area contributed by atoms with Crippen LogP contribution in [0, 0.1) is 0 Å². The maximum atomic E-state index is 9.98. The van der Waals surface area contributed by atoms with Gasteiger partial charge in [0, 0.05) is 0 Å². The second-order valence-electron chi connectivity index (χ2n) is 3.32. The van der Waals surface area contributed by atoms with E-state index in [9.17, 15) is 5.11 Å². The maximum Gasteiger partial charge on any atom is 0.193 e. The Labute approximate surface area is 98.2 Å². The normalized spacial score (nSPS) is 12.4. The molecule has 1 unspecified atom stereocenters. The molecule has 0 radical (unpaired) electrons. The number of hydrogen-bond donors (Lipinski definition) is 1. The van der Waals surface area contributed by atoms with E-state index in [-0.39, 0.29) is 5.22 Å². The van der Waals surface area contributed by atoms with Gasteiger partial charge in [-0.25, -0.2) is 0 Å². The fourth-order valence-electron chi connectivity index (χ4n) is 1.43. The molecule has 1 atom stereocenters. The van der Waals surface area contributed by atoms with Crippen molar-refractivity contribution in [3.8, 4) is 5.75 Å². The predicted octanol–water partition coefficient (Wildman–Crippen LogP) is 3.02. The average Bonchev–Trinajstić information content (AvgIpc) is 2.75. The number of ether oxygens (including phenoxy) is 1. The molecule has 0 saturated heterocycles. The van der Waals surface area contributed by atoms with E-state index in [0.29, 0.717) is 5.76 Å². The van der Waals surface area contributed by atoms with Gasteiger partial charge in [-0.3, -0.25) is 0 Å². The number of rotatable bonds is 3. The van der Waals surface area contributed by atoms with Crippen LogP contribution in [0.15, 0.2) is 40.8 Å². The van der Waals surface area contributed by atoms with Crippen LogP contribution in [0.3, 0.4) is 0 Å². The molecule has 2 rings (SSSR count). The number of halogens is 1. The van der Waals surface area contributed by atoms with Crippen LogP contribution in [-0.4, -0.2) is 12.2 Å². The van der Waals surface area contributed by atoms with E-state index in [0.717, 1.165) is 11.3 Å². The summed E-state index contributed by atoms with van der Waals surface area (Å²) in [5.74, 6) is 1.17. The lowest BCUT2D eigenvalue weighted by Gasteiger charge is -2.08. The van der Waals surface area contributed by atoms with Crippen LogP contribution >= 0.6 is 11.6 Å². The summed E-state index contributed by atoms with van der Waals surface area (Å²) in [6.45, 7) is 0. The number of methoxy groups -OCH3 is 1. The minimum absolute atomic E-state index is 0.266. The molecule has 0 spiro atoms. The molecule has 2 aromatic rings. The van der Waals surface area contributed by atoms with Gasteiger partial charge in [0.15, 0.2) is 5.22 Å². The third-order valence-electron chi connectivity index (χ3n) is 2.30. The summed E-state index contributed by atoms with van der Waals surface area (Å²) in [5.41, 5.74) is 0.729. The number of hydrogen-bond acceptors (Lipinski definition) is 3. The number of benzene rings is 1. The monoisotopic (exact) mass is 238 g/mol. The Kier molecular flexibility index (Phi) is 3.17. The van der Waals surface area contributed by atoms with Gasteiger partial charge in [-0.15, -0.1) is 0 Å². The number of aliphatic hydroxyl groups is 1. The Morgan fingerprint density at radius 3 is 2.38 bits per heavy atom. The van der Waals surface area contributed by atoms with E-state index in [2.05, 4.69) is 0 Å². The van der Waals surface area contributed by atoms with E-state index in [1.165, 1.54) is 0 Å². The van der Waals surface area contributed by atoms with Crippen LogP contribution in [0.5, 0.6) is 5.75 Å². The Morgan fingerprint density at radius 1 is 1.19 bits per heavy atom. The highest BCUT2D eigenvalue weighted by molar-refractivity contribution is 6.28. The largest absolute Gasteiger partial charge is 0.497 e. The molecule has 1 N–H and O–H groups in total. The highest BCUT2D eigenvalue weighted by Crippen LogP contribution is 2.26. The van der Waals surface area contributed by atoms with Crippen LogP contribution in [0.1, 0.15) is 17.4 Å². The lowest BCUT2D eigenvalue weighted by Crippen LogP contribution is -1.97. The molecule has 0 aliphatic carbocycles. The Morgan fingerprint density at radius 2 is 1.88 bits per heavy atom. The minimum Gasteiger partial charge on any atom is -0.497 e. The van der Waals surface area contributed by atoms with Crippen molar-refractivity contribution >= 4 is 11.6 Å². The van der Waals surface area contributed by atoms with Crippen LogP contribution in [0.4, 0.5) is 0 Å². The molecule has 3 nitrogen and oxygen atoms in total. The fraction of sp³-hybridized carbons (Fsp3) is 0.167. The van der Waals surface area contributed by atoms with Gasteiger partial charge in [-0.1, -0.05) is 12.1 Å². The van der Waals surface area contributed by atoms with Gasteiger partial charge < -0.3 is 14.3 Å². The smallest absolute Gasteiger partial charge is 0.193 e. The van der Waals surface area contributed by atoms with Crippen molar-refractivity contribution in [2.75, 3.05) is 7.11 Å². The molecule has 4 heteroatoms. The van der Waals surface area contributed by atoms with Crippen LogP contribution in [0.25, 0.3) is 0 Å². The summed E-state index contributed by atoms with van der Waals surface area (Å²) >= 11 is 5.64. The molecule has 1 aromatic carbocycles. The van der Waals surface area contributed by atoms with Gasteiger partial charge in [0.2, 0.25) is 0 Å². The van der Waals surface area contributed by atoms with Crippen molar-refractivity contribution in [2.24, 2.45) is 0 Å². The molecule has 1 heterocycles. The first kappa shape index (κ1) is 11.0. The molecule has 84 valence electrons. The highest BCUT2D eigenvalue weighted by atomic mass is 35.5. The number of aliphatic hydroxyl groups excluding tert-OH is 1. The zero-order valence-electron chi connectivity index (χ0n) is 8.68. The van der Waals surface area contributed by atoms with E-state index >= 15 is 0 Å². The van der Waals surface area contributed by atoms with Crippen LogP contribution in [0.2, 0.25) is 5.22 Å². The molecule has 0 fully saturated rings. The standard InChI is InChI=1S/C12H11ClO3/c1-15-9-4-2-8(3-5-9)12(14)10-6-7-11(13)16-10/h2-7,12,14H,1H3. The first-order valence-electron chi connectivity index (χ1n) is 4.78. The summed E-state index contributed by atoms with van der Waals surface area (Å²) in [5, 5.41) is 10.2. The molecular weight excluding hydrogens is 228 g/mol. The van der Waals surface area contributed by atoms with Crippen LogP contribution in [-0.2, 0) is 0 Å². The zero-order chi connectivity index (χ0) is 11.5. The lowest BCUT2D eigenvalue weighted by molar-refractivity contribution is 0.189. The first-order chi connectivity index (χ1) is 7.70. The topological polar surface area (TPSA) is 42.6 Å². The maximum absolute atomic E-state index is 9.98. The number of furan rings is 1. The summed E-state index contributed by atoms with van der Waals surface area (Å²) < 4.78 is 10.2. The predicted molar refractivity (Wildman–Crippen MR) is 60.8 cm³/mol. The minimum atomic E-state index is -0.807. The second kappa shape index (κ2) is 4.60. The van der Waals surface area contributed by atoms with Crippen molar-refractivity contribution in [3.63, 3.8) is 0 Å². The van der Waals surface area contributed by atoms with E-state index in [1.54, 1.807) is 43.5 Å². The van der Waals surface area contributed by atoms with E-state index in [4.69, 9.17) is 20.8 Å². The molecule has 0 saturated carbocycles. The Balaban J connectivity index is 2.23. The van der Waals surface area contributed by atoms with E-state index in [1.807, 2.05) is 0 Å². The third-order valence-corrected chi connectivity index (χ3v) is 2.50. The zero-order valence-corrected chi connectivity index (χ0v) is 9.44. The average molecular weight is 239 g/mol. The van der Waals surface area contributed by atoms with Gasteiger partial charge in [-0.05, 0) is 41.4 Å². The molecule has 16 heavy (non-hydrogen) atoms. The Hall–Kier alpha value is -1.45. The van der Waals surface area contributed by atoms with Crippen molar-refractivity contribution < 1.29 is 14.3 Å². The summed E-state index contributed by atoms with van der Waals surface area (Å²) in [6.07, 6.45) is -0.807. The molecule has 0 amide bonds. The highest BCUT2D eigenvalue weighted by Gasteiger charge is 2.14. The first-order valence-corrected chi connectivity index (χ1v) is 5.16. The lowest BCUT2D eigenvalue weighted by atomic mass is 10.1. The van der Waals surface area contributed by atoms with Gasteiger partial charge in [0.25, 0.3) is 0 Å². The van der Waals surface area contributed by atoms with Crippen molar-refractivity contribution in [1.82, 2.24) is 0 Å². The van der Waals surface area contributed by atoms with Gasteiger partial charge in [0.1, 0.15) is 17.6 Å². The van der Waals surface area contributed by atoms with Gasteiger partial charge in [-0.2, -0.15) is 0 Å². The van der Waals surface area contributed by atoms with Crippen molar-refractivity contribution in [2.45, 2.75) is 6.10 Å².